The first-order chi connectivity index (χ1) is 9.25. The van der Waals surface area contributed by atoms with Gasteiger partial charge in [0.15, 0.2) is 0 Å². The first-order valence-corrected chi connectivity index (χ1v) is 8.22. The Kier molecular flexibility index (Phi) is 6.15. The molecule has 2 fully saturated rings. The fourth-order valence-corrected chi connectivity index (χ4v) is 3.58. The minimum absolute atomic E-state index is 0.221. The molecule has 0 aromatic heterocycles. The second-order valence-corrected chi connectivity index (χ2v) is 6.52. The van der Waals surface area contributed by atoms with E-state index in [0.29, 0.717) is 12.6 Å². The van der Waals surface area contributed by atoms with Crippen molar-refractivity contribution < 1.29 is 4.79 Å². The van der Waals surface area contributed by atoms with Crippen LogP contribution in [0.25, 0.3) is 0 Å². The van der Waals surface area contributed by atoms with E-state index in [-0.39, 0.29) is 5.91 Å². The van der Waals surface area contributed by atoms with Gasteiger partial charge in [-0.05, 0) is 38.6 Å². The van der Waals surface area contributed by atoms with Crippen LogP contribution in [0.2, 0.25) is 0 Å². The van der Waals surface area contributed by atoms with Gasteiger partial charge in [-0.25, -0.2) is 0 Å². The molecular weight excluding hydrogens is 236 g/mol. The van der Waals surface area contributed by atoms with Crippen molar-refractivity contribution in [3.63, 3.8) is 0 Å². The predicted octanol–water partition coefficient (Wildman–Crippen LogP) is 2.95. The highest BCUT2D eigenvalue weighted by atomic mass is 16.2. The minimum atomic E-state index is 0.221. The zero-order chi connectivity index (χ0) is 13.5. The Morgan fingerprint density at radius 1 is 1.00 bits per heavy atom. The van der Waals surface area contributed by atoms with E-state index in [4.69, 9.17) is 0 Å². The molecule has 2 rings (SSSR count). The van der Waals surface area contributed by atoms with Crippen molar-refractivity contribution in [2.45, 2.75) is 70.3 Å². The summed E-state index contributed by atoms with van der Waals surface area (Å²) in [4.78, 5) is 14.2. The quantitative estimate of drug-likeness (QED) is 0.830. The average Bonchev–Trinajstić information content (AvgIpc) is 2.47. The van der Waals surface area contributed by atoms with Crippen molar-refractivity contribution in [3.05, 3.63) is 0 Å². The molecule has 0 radical (unpaired) electrons. The van der Waals surface area contributed by atoms with Gasteiger partial charge in [-0.2, -0.15) is 0 Å². The highest BCUT2D eigenvalue weighted by Gasteiger charge is 2.20. The van der Waals surface area contributed by atoms with Crippen molar-refractivity contribution in [2.24, 2.45) is 5.92 Å². The van der Waals surface area contributed by atoms with Crippen molar-refractivity contribution in [3.8, 4) is 0 Å². The second-order valence-electron chi connectivity index (χ2n) is 6.52. The number of carbonyl (C=O) groups is 1. The molecule has 0 unspecified atom stereocenters. The van der Waals surface area contributed by atoms with E-state index < -0.39 is 0 Å². The number of hydrogen-bond acceptors (Lipinski definition) is 2. The summed E-state index contributed by atoms with van der Waals surface area (Å²) in [6.07, 6.45) is 13.3. The molecule has 0 saturated heterocycles. The molecule has 1 amide bonds. The molecule has 2 saturated carbocycles. The molecule has 0 heterocycles. The largest absolute Gasteiger partial charge is 0.355 e. The number of hydrogen-bond donors (Lipinski definition) is 1. The number of likely N-dealkylation sites (N-methyl/N-ethyl adjacent to an activating group) is 1. The molecule has 0 aromatic carbocycles. The molecular formula is C16H30N2O. The second kappa shape index (κ2) is 7.88. The van der Waals surface area contributed by atoms with Crippen LogP contribution in [0.1, 0.15) is 64.2 Å². The van der Waals surface area contributed by atoms with E-state index in [9.17, 15) is 4.79 Å². The van der Waals surface area contributed by atoms with Crippen molar-refractivity contribution >= 4 is 5.91 Å². The van der Waals surface area contributed by atoms with Gasteiger partial charge in [0.05, 0.1) is 6.54 Å². The third-order valence-corrected chi connectivity index (χ3v) is 4.90. The lowest BCUT2D eigenvalue weighted by atomic mass is 9.89. The van der Waals surface area contributed by atoms with Crippen LogP contribution in [0.3, 0.4) is 0 Å². The summed E-state index contributed by atoms with van der Waals surface area (Å²) in [6, 6.07) is 0.634. The van der Waals surface area contributed by atoms with Gasteiger partial charge in [-0.15, -0.1) is 0 Å². The van der Waals surface area contributed by atoms with E-state index in [0.717, 1.165) is 12.5 Å². The maximum absolute atomic E-state index is 12.0. The summed E-state index contributed by atoms with van der Waals surface area (Å²) in [6.45, 7) is 1.48. The maximum Gasteiger partial charge on any atom is 0.234 e. The van der Waals surface area contributed by atoms with Gasteiger partial charge in [-0.3, -0.25) is 9.69 Å². The van der Waals surface area contributed by atoms with Crippen LogP contribution in [0.4, 0.5) is 0 Å². The van der Waals surface area contributed by atoms with Gasteiger partial charge in [-0.1, -0.05) is 38.5 Å². The first-order valence-electron chi connectivity index (χ1n) is 8.22. The van der Waals surface area contributed by atoms with Crippen LogP contribution in [-0.2, 0) is 4.79 Å². The van der Waals surface area contributed by atoms with Gasteiger partial charge in [0.1, 0.15) is 0 Å². The van der Waals surface area contributed by atoms with Gasteiger partial charge in [0, 0.05) is 12.6 Å². The number of amides is 1. The highest BCUT2D eigenvalue weighted by Crippen LogP contribution is 2.23. The van der Waals surface area contributed by atoms with E-state index in [1.54, 1.807) is 0 Å². The Labute approximate surface area is 118 Å². The Morgan fingerprint density at radius 3 is 2.21 bits per heavy atom. The Balaban J connectivity index is 1.62. The molecule has 1 N–H and O–H groups in total. The lowest BCUT2D eigenvalue weighted by molar-refractivity contribution is -0.122. The summed E-state index contributed by atoms with van der Waals surface area (Å²) >= 11 is 0. The number of rotatable bonds is 5. The molecule has 0 bridgehead atoms. The fourth-order valence-electron chi connectivity index (χ4n) is 3.58. The molecule has 3 nitrogen and oxygen atoms in total. The predicted molar refractivity (Wildman–Crippen MR) is 79.1 cm³/mol. The summed E-state index contributed by atoms with van der Waals surface area (Å²) in [5.74, 6) is 0.955. The van der Waals surface area contributed by atoms with Gasteiger partial charge >= 0.3 is 0 Å². The van der Waals surface area contributed by atoms with E-state index in [1.165, 1.54) is 64.2 Å². The average molecular weight is 266 g/mol. The fraction of sp³-hybridized carbons (Fsp3) is 0.938. The van der Waals surface area contributed by atoms with Crippen molar-refractivity contribution in [1.82, 2.24) is 10.2 Å². The van der Waals surface area contributed by atoms with Crippen LogP contribution in [-0.4, -0.2) is 37.0 Å². The van der Waals surface area contributed by atoms with Crippen LogP contribution in [0.5, 0.6) is 0 Å². The Hall–Kier alpha value is -0.570. The third kappa shape index (κ3) is 5.13. The Morgan fingerprint density at radius 2 is 1.58 bits per heavy atom. The molecule has 0 aromatic rings. The van der Waals surface area contributed by atoms with Crippen LogP contribution in [0.15, 0.2) is 0 Å². The zero-order valence-electron chi connectivity index (χ0n) is 12.5. The topological polar surface area (TPSA) is 32.3 Å². The van der Waals surface area contributed by atoms with Crippen LogP contribution in [0, 0.1) is 5.92 Å². The first kappa shape index (κ1) is 14.8. The molecule has 19 heavy (non-hydrogen) atoms. The van der Waals surface area contributed by atoms with Gasteiger partial charge < -0.3 is 5.32 Å². The molecule has 3 heteroatoms. The van der Waals surface area contributed by atoms with E-state index >= 15 is 0 Å². The minimum Gasteiger partial charge on any atom is -0.355 e. The van der Waals surface area contributed by atoms with Crippen LogP contribution >= 0.6 is 0 Å². The number of carbonyl (C=O) groups excluding carboxylic acids is 1. The SMILES string of the molecule is CN(CC(=O)NCC1CCCCC1)C1CCCCC1. The summed E-state index contributed by atoms with van der Waals surface area (Å²) in [7, 11) is 2.11. The summed E-state index contributed by atoms with van der Waals surface area (Å²) in [5.41, 5.74) is 0. The molecule has 110 valence electrons. The smallest absolute Gasteiger partial charge is 0.234 e. The normalized spacial score (nSPS) is 22.6. The maximum atomic E-state index is 12.0. The van der Waals surface area contributed by atoms with Crippen molar-refractivity contribution in [2.75, 3.05) is 20.1 Å². The number of nitrogens with one attached hydrogen (secondary N) is 1. The lowest BCUT2D eigenvalue weighted by Crippen LogP contribution is -2.42. The monoisotopic (exact) mass is 266 g/mol. The molecule has 0 aliphatic heterocycles. The summed E-state index contributed by atoms with van der Waals surface area (Å²) in [5, 5.41) is 3.14. The highest BCUT2D eigenvalue weighted by molar-refractivity contribution is 5.78. The third-order valence-electron chi connectivity index (χ3n) is 4.90. The molecule has 2 aliphatic carbocycles. The zero-order valence-corrected chi connectivity index (χ0v) is 12.5. The van der Waals surface area contributed by atoms with Gasteiger partial charge in [0.2, 0.25) is 5.91 Å². The Bertz CT molecular complexity index is 268. The number of nitrogens with zero attached hydrogens (tertiary/aromatic N) is 1. The van der Waals surface area contributed by atoms with Crippen LogP contribution < -0.4 is 5.32 Å². The van der Waals surface area contributed by atoms with Crippen molar-refractivity contribution in [1.29, 1.82) is 0 Å². The molecule has 2 aliphatic rings. The van der Waals surface area contributed by atoms with E-state index in [1.807, 2.05) is 0 Å². The lowest BCUT2D eigenvalue weighted by Gasteiger charge is -2.31. The van der Waals surface area contributed by atoms with Gasteiger partial charge in [0.25, 0.3) is 0 Å². The summed E-state index contributed by atoms with van der Waals surface area (Å²) < 4.78 is 0. The molecule has 0 spiro atoms. The molecule has 0 atom stereocenters. The standard InChI is InChI=1S/C16H30N2O/c1-18(15-10-6-3-7-11-15)13-16(19)17-12-14-8-4-2-5-9-14/h14-15H,2-13H2,1H3,(H,17,19). The van der Waals surface area contributed by atoms with E-state index in [2.05, 4.69) is 17.3 Å².